The number of aromatic nitrogens is 1. The van der Waals surface area contributed by atoms with E-state index in [2.05, 4.69) is 11.6 Å². The van der Waals surface area contributed by atoms with E-state index in [1.165, 1.54) is 11.3 Å². The summed E-state index contributed by atoms with van der Waals surface area (Å²) in [7, 11) is 0. The molecule has 138 valence electrons. The van der Waals surface area contributed by atoms with Gasteiger partial charge in [-0.3, -0.25) is 4.79 Å². The van der Waals surface area contributed by atoms with Crippen molar-refractivity contribution in [2.24, 2.45) is 4.99 Å². The first kappa shape index (κ1) is 17.5. The number of nitrogens with zero attached hydrogens (tertiary/aromatic N) is 2. The summed E-state index contributed by atoms with van der Waals surface area (Å²) in [4.78, 5) is 17.9. The molecule has 1 aliphatic rings. The van der Waals surface area contributed by atoms with E-state index in [0.29, 0.717) is 30.1 Å². The zero-order valence-electron chi connectivity index (χ0n) is 15.3. The summed E-state index contributed by atoms with van der Waals surface area (Å²) in [6.07, 6.45) is 1.80. The fourth-order valence-electron chi connectivity index (χ4n) is 3.11. The fraction of sp³-hybridized carbons (Fsp3) is 0.238. The third kappa shape index (κ3) is 3.28. The van der Waals surface area contributed by atoms with Crippen LogP contribution in [-0.4, -0.2) is 23.7 Å². The van der Waals surface area contributed by atoms with Gasteiger partial charge >= 0.3 is 0 Å². The Hall–Kier alpha value is -2.86. The summed E-state index contributed by atoms with van der Waals surface area (Å²) in [5.74, 6) is 1.21. The molecule has 5 nitrogen and oxygen atoms in total. The number of ether oxygens (including phenoxy) is 2. The standard InChI is InChI=1S/C21H20N2O3S/c1-4-7-23-16-11-17-18(26-9-8-25-17)12-19(16)27-21(23)22-20(24)15-10-13(2)5-6-14(15)3/h4-6,10-12H,1,7-9H2,2-3H3. The monoisotopic (exact) mass is 380 g/mol. The SMILES string of the molecule is C=CCn1c(=NC(=O)c2cc(C)ccc2C)sc2cc3c(cc21)OCCO3. The van der Waals surface area contributed by atoms with Crippen molar-refractivity contribution < 1.29 is 14.3 Å². The number of hydrogen-bond donors (Lipinski definition) is 0. The maximum absolute atomic E-state index is 12.8. The second-order valence-electron chi connectivity index (χ2n) is 6.48. The van der Waals surface area contributed by atoms with Crippen molar-refractivity contribution in [2.75, 3.05) is 13.2 Å². The van der Waals surface area contributed by atoms with Crippen LogP contribution in [-0.2, 0) is 6.54 Å². The van der Waals surface area contributed by atoms with Gasteiger partial charge in [0.2, 0.25) is 0 Å². The summed E-state index contributed by atoms with van der Waals surface area (Å²) >= 11 is 1.46. The van der Waals surface area contributed by atoms with Gasteiger partial charge in [-0.05, 0) is 25.5 Å². The van der Waals surface area contributed by atoms with Gasteiger partial charge < -0.3 is 14.0 Å². The van der Waals surface area contributed by atoms with Crippen LogP contribution in [0.15, 0.2) is 48.0 Å². The van der Waals surface area contributed by atoms with E-state index < -0.39 is 0 Å². The van der Waals surface area contributed by atoms with Gasteiger partial charge in [-0.15, -0.1) is 6.58 Å². The van der Waals surface area contributed by atoms with E-state index in [0.717, 1.165) is 32.8 Å². The maximum atomic E-state index is 12.8. The lowest BCUT2D eigenvalue weighted by Gasteiger charge is -2.18. The molecule has 2 heterocycles. The molecule has 0 fully saturated rings. The van der Waals surface area contributed by atoms with Crippen LogP contribution < -0.4 is 14.3 Å². The molecule has 6 heteroatoms. The van der Waals surface area contributed by atoms with Crippen LogP contribution in [0.25, 0.3) is 10.2 Å². The molecule has 3 aromatic rings. The van der Waals surface area contributed by atoms with Gasteiger partial charge in [0, 0.05) is 24.2 Å². The van der Waals surface area contributed by atoms with Crippen molar-refractivity contribution in [3.05, 3.63) is 64.5 Å². The predicted molar refractivity (Wildman–Crippen MR) is 107 cm³/mol. The summed E-state index contributed by atoms with van der Waals surface area (Å²) in [6, 6.07) is 9.73. The number of carbonyl (C=O) groups is 1. The molecule has 4 rings (SSSR count). The van der Waals surface area contributed by atoms with Crippen LogP contribution >= 0.6 is 11.3 Å². The van der Waals surface area contributed by atoms with Gasteiger partial charge in [0.1, 0.15) is 13.2 Å². The van der Waals surface area contributed by atoms with Crippen molar-refractivity contribution in [3.8, 4) is 11.5 Å². The second-order valence-corrected chi connectivity index (χ2v) is 7.49. The Morgan fingerprint density at radius 1 is 1.22 bits per heavy atom. The minimum absolute atomic E-state index is 0.238. The largest absolute Gasteiger partial charge is 0.486 e. The van der Waals surface area contributed by atoms with Gasteiger partial charge in [0.25, 0.3) is 5.91 Å². The molecule has 1 aromatic heterocycles. The number of rotatable bonds is 3. The molecule has 0 saturated heterocycles. The van der Waals surface area contributed by atoms with Crippen molar-refractivity contribution in [3.63, 3.8) is 0 Å². The predicted octanol–water partition coefficient (Wildman–Crippen LogP) is 4.02. The number of hydrogen-bond acceptors (Lipinski definition) is 4. The minimum Gasteiger partial charge on any atom is -0.486 e. The summed E-state index contributed by atoms with van der Waals surface area (Å²) < 4.78 is 14.3. The molecule has 0 atom stereocenters. The molecule has 0 aliphatic carbocycles. The molecule has 0 unspecified atom stereocenters. The molecule has 1 aliphatic heterocycles. The summed E-state index contributed by atoms with van der Waals surface area (Å²) in [5.41, 5.74) is 3.54. The van der Waals surface area contributed by atoms with E-state index in [9.17, 15) is 4.79 Å². The summed E-state index contributed by atoms with van der Waals surface area (Å²) in [5, 5.41) is 0. The van der Waals surface area contributed by atoms with Crippen molar-refractivity contribution in [2.45, 2.75) is 20.4 Å². The van der Waals surface area contributed by atoms with Crippen LogP contribution in [0.4, 0.5) is 0 Å². The van der Waals surface area contributed by atoms with E-state index in [1.54, 1.807) is 6.08 Å². The third-order valence-corrected chi connectivity index (χ3v) is 5.52. The molecular weight excluding hydrogens is 360 g/mol. The molecule has 0 N–H and O–H groups in total. The highest BCUT2D eigenvalue weighted by molar-refractivity contribution is 7.16. The Balaban J connectivity index is 1.88. The molecule has 0 bridgehead atoms. The fourth-order valence-corrected chi connectivity index (χ4v) is 4.16. The number of carbonyl (C=O) groups excluding carboxylic acids is 1. The molecule has 1 amide bonds. The molecular formula is C21H20N2O3S. The number of fused-ring (bicyclic) bond motifs is 2. The van der Waals surface area contributed by atoms with Crippen LogP contribution in [0.5, 0.6) is 11.5 Å². The lowest BCUT2D eigenvalue weighted by molar-refractivity contribution is 0.0997. The normalized spacial score (nSPS) is 13.8. The Kier molecular flexibility index (Phi) is 4.58. The number of aryl methyl sites for hydroxylation is 2. The van der Waals surface area contributed by atoms with Gasteiger partial charge in [-0.2, -0.15) is 4.99 Å². The van der Waals surface area contributed by atoms with Crippen LogP contribution in [0, 0.1) is 13.8 Å². The maximum Gasteiger partial charge on any atom is 0.279 e. The molecule has 27 heavy (non-hydrogen) atoms. The Labute approximate surface area is 161 Å². The Morgan fingerprint density at radius 3 is 2.70 bits per heavy atom. The van der Waals surface area contributed by atoms with Crippen molar-refractivity contribution in [1.29, 1.82) is 0 Å². The van der Waals surface area contributed by atoms with Gasteiger partial charge in [-0.1, -0.05) is 35.1 Å². The smallest absolute Gasteiger partial charge is 0.279 e. The first-order valence-corrected chi connectivity index (χ1v) is 9.58. The van der Waals surface area contributed by atoms with Gasteiger partial charge in [-0.25, -0.2) is 0 Å². The van der Waals surface area contributed by atoms with Crippen molar-refractivity contribution >= 4 is 27.5 Å². The van der Waals surface area contributed by atoms with E-state index >= 15 is 0 Å². The third-order valence-electron chi connectivity index (χ3n) is 4.48. The van der Waals surface area contributed by atoms with Gasteiger partial charge in [0.05, 0.1) is 10.2 Å². The lowest BCUT2D eigenvalue weighted by atomic mass is 10.1. The zero-order chi connectivity index (χ0) is 19.0. The molecule has 0 spiro atoms. The average molecular weight is 380 g/mol. The second kappa shape index (κ2) is 7.04. The Bertz CT molecular complexity index is 1120. The molecule has 0 saturated carbocycles. The lowest BCUT2D eigenvalue weighted by Crippen LogP contribution is -2.17. The van der Waals surface area contributed by atoms with E-state index in [-0.39, 0.29) is 5.91 Å². The first-order valence-electron chi connectivity index (χ1n) is 8.77. The number of benzene rings is 2. The first-order chi connectivity index (χ1) is 13.1. The zero-order valence-corrected chi connectivity index (χ0v) is 16.1. The highest BCUT2D eigenvalue weighted by atomic mass is 32.1. The minimum atomic E-state index is -0.238. The molecule has 0 radical (unpaired) electrons. The van der Waals surface area contributed by atoms with Crippen LogP contribution in [0.3, 0.4) is 0 Å². The van der Waals surface area contributed by atoms with Crippen LogP contribution in [0.1, 0.15) is 21.5 Å². The average Bonchev–Trinajstić information content (AvgIpc) is 2.98. The number of allylic oxidation sites excluding steroid dienone is 1. The van der Waals surface area contributed by atoms with E-state index in [1.807, 2.05) is 48.7 Å². The highest BCUT2D eigenvalue weighted by Gasteiger charge is 2.17. The molecule has 2 aromatic carbocycles. The van der Waals surface area contributed by atoms with Crippen molar-refractivity contribution in [1.82, 2.24) is 4.57 Å². The number of thiazole rings is 1. The van der Waals surface area contributed by atoms with E-state index in [4.69, 9.17) is 9.47 Å². The summed E-state index contributed by atoms with van der Waals surface area (Å²) in [6.45, 7) is 9.36. The quantitative estimate of drug-likeness (QED) is 0.645. The highest BCUT2D eigenvalue weighted by Crippen LogP contribution is 2.35. The number of amides is 1. The van der Waals surface area contributed by atoms with Crippen LogP contribution in [0.2, 0.25) is 0 Å². The Morgan fingerprint density at radius 2 is 1.96 bits per heavy atom. The topological polar surface area (TPSA) is 52.8 Å². The van der Waals surface area contributed by atoms with Gasteiger partial charge in [0.15, 0.2) is 16.3 Å².